The lowest BCUT2D eigenvalue weighted by atomic mass is 10.0. The second-order valence-corrected chi connectivity index (χ2v) is 5.75. The molecule has 0 aliphatic rings. The van der Waals surface area contributed by atoms with Crippen LogP contribution in [-0.2, 0) is 9.59 Å². The number of amides is 1. The van der Waals surface area contributed by atoms with E-state index in [1.54, 1.807) is 42.5 Å². The number of hydrogen-bond acceptors (Lipinski definition) is 7. The molecule has 0 aliphatic heterocycles. The molecule has 1 atom stereocenters. The van der Waals surface area contributed by atoms with Crippen molar-refractivity contribution in [2.75, 3.05) is 27.9 Å². The highest BCUT2D eigenvalue weighted by Gasteiger charge is 2.18. The van der Waals surface area contributed by atoms with Crippen molar-refractivity contribution in [3.63, 3.8) is 0 Å². The fourth-order valence-corrected chi connectivity index (χ4v) is 2.61. The number of nitrogens with one attached hydrogen (secondary N) is 1. The maximum absolute atomic E-state index is 12.3. The van der Waals surface area contributed by atoms with Crippen LogP contribution in [0, 0.1) is 0 Å². The average molecular weight is 388 g/mol. The lowest BCUT2D eigenvalue weighted by Crippen LogP contribution is -2.36. The number of carboxylic acids is 1. The van der Waals surface area contributed by atoms with E-state index >= 15 is 0 Å². The van der Waals surface area contributed by atoms with Gasteiger partial charge in [0, 0.05) is 12.4 Å². The van der Waals surface area contributed by atoms with E-state index in [0.29, 0.717) is 28.6 Å². The van der Waals surface area contributed by atoms with Crippen LogP contribution < -0.4 is 29.4 Å². The smallest absolute Gasteiger partial charge is 0.258 e. The zero-order chi connectivity index (χ0) is 20.5. The number of benzene rings is 2. The van der Waals surface area contributed by atoms with Crippen molar-refractivity contribution in [1.82, 2.24) is 5.32 Å². The summed E-state index contributed by atoms with van der Waals surface area (Å²) in [5.41, 5.74) is 0.535. The number of carboxylic acid groups (broad SMARTS) is 1. The fraction of sp³-hybridized carbons (Fsp3) is 0.300. The first kappa shape index (κ1) is 20.9. The molecule has 0 saturated heterocycles. The fourth-order valence-electron chi connectivity index (χ4n) is 2.61. The van der Waals surface area contributed by atoms with Crippen LogP contribution in [0.4, 0.5) is 0 Å². The number of ether oxygens (including phenoxy) is 4. The molecule has 2 aromatic rings. The van der Waals surface area contributed by atoms with Crippen molar-refractivity contribution < 1.29 is 33.6 Å². The van der Waals surface area contributed by atoms with E-state index in [1.165, 1.54) is 21.3 Å². The minimum absolute atomic E-state index is 0.308. The van der Waals surface area contributed by atoms with E-state index in [9.17, 15) is 14.7 Å². The van der Waals surface area contributed by atoms with Gasteiger partial charge in [-0.2, -0.15) is 0 Å². The van der Waals surface area contributed by atoms with Crippen LogP contribution in [0.25, 0.3) is 0 Å². The third-order valence-electron chi connectivity index (χ3n) is 3.94. The zero-order valence-corrected chi connectivity index (χ0v) is 15.9. The van der Waals surface area contributed by atoms with Crippen molar-refractivity contribution >= 4 is 11.9 Å². The SMILES string of the molecule is COc1ccc([C@@H](CC(=O)[O-])NC(=O)COc2ccccc2OC)cc1OC. The van der Waals surface area contributed by atoms with Gasteiger partial charge in [0.2, 0.25) is 0 Å². The van der Waals surface area contributed by atoms with E-state index in [1.807, 2.05) is 0 Å². The van der Waals surface area contributed by atoms with E-state index in [4.69, 9.17) is 18.9 Å². The van der Waals surface area contributed by atoms with Crippen LogP contribution in [0.15, 0.2) is 42.5 Å². The first-order chi connectivity index (χ1) is 13.5. The largest absolute Gasteiger partial charge is 0.550 e. The molecule has 1 amide bonds. The highest BCUT2D eigenvalue weighted by atomic mass is 16.5. The minimum atomic E-state index is -1.30. The summed E-state index contributed by atoms with van der Waals surface area (Å²) in [5, 5.41) is 13.8. The molecule has 1 N–H and O–H groups in total. The Hall–Kier alpha value is -3.42. The molecule has 28 heavy (non-hydrogen) atoms. The molecule has 0 aromatic heterocycles. The van der Waals surface area contributed by atoms with Gasteiger partial charge in [-0.1, -0.05) is 18.2 Å². The number of aliphatic carboxylic acids is 1. The normalized spacial score (nSPS) is 11.2. The van der Waals surface area contributed by atoms with Gasteiger partial charge < -0.3 is 34.2 Å². The average Bonchev–Trinajstić information content (AvgIpc) is 2.71. The Kier molecular flexibility index (Phi) is 7.50. The van der Waals surface area contributed by atoms with Crippen molar-refractivity contribution in [2.24, 2.45) is 0 Å². The quantitative estimate of drug-likeness (QED) is 0.649. The molecule has 0 aliphatic carbocycles. The van der Waals surface area contributed by atoms with Crippen LogP contribution in [0.3, 0.4) is 0 Å². The third kappa shape index (κ3) is 5.54. The maximum atomic E-state index is 12.3. The number of carbonyl (C=O) groups is 2. The molecule has 0 fully saturated rings. The molecular weight excluding hydrogens is 366 g/mol. The molecule has 0 saturated carbocycles. The first-order valence-corrected chi connectivity index (χ1v) is 8.45. The molecule has 0 radical (unpaired) electrons. The van der Waals surface area contributed by atoms with Gasteiger partial charge in [-0.25, -0.2) is 0 Å². The molecule has 8 nitrogen and oxygen atoms in total. The van der Waals surface area contributed by atoms with Crippen LogP contribution in [0.5, 0.6) is 23.0 Å². The maximum Gasteiger partial charge on any atom is 0.258 e. The summed E-state index contributed by atoms with van der Waals surface area (Å²) >= 11 is 0. The van der Waals surface area contributed by atoms with Gasteiger partial charge in [-0.3, -0.25) is 4.79 Å². The number of hydrogen-bond donors (Lipinski definition) is 1. The Morgan fingerprint density at radius 3 is 2.14 bits per heavy atom. The van der Waals surface area contributed by atoms with Gasteiger partial charge in [0.15, 0.2) is 29.6 Å². The van der Waals surface area contributed by atoms with Crippen LogP contribution >= 0.6 is 0 Å². The van der Waals surface area contributed by atoms with Crippen LogP contribution in [0.1, 0.15) is 18.0 Å². The lowest BCUT2D eigenvalue weighted by molar-refractivity contribution is -0.306. The van der Waals surface area contributed by atoms with Gasteiger partial charge in [0.05, 0.1) is 27.4 Å². The summed E-state index contributed by atoms with van der Waals surface area (Å²) in [7, 11) is 4.46. The first-order valence-electron chi connectivity index (χ1n) is 8.45. The molecule has 0 unspecified atom stereocenters. The van der Waals surface area contributed by atoms with E-state index in [0.717, 1.165) is 0 Å². The zero-order valence-electron chi connectivity index (χ0n) is 15.9. The Balaban J connectivity index is 2.11. The second-order valence-electron chi connectivity index (χ2n) is 5.75. The molecule has 150 valence electrons. The number of rotatable bonds is 10. The molecular formula is C20H22NO7-. The van der Waals surface area contributed by atoms with Gasteiger partial charge in [0.25, 0.3) is 5.91 Å². The van der Waals surface area contributed by atoms with Crippen molar-refractivity contribution in [3.8, 4) is 23.0 Å². The van der Waals surface area contributed by atoms with Gasteiger partial charge >= 0.3 is 0 Å². The van der Waals surface area contributed by atoms with Gasteiger partial charge in [-0.15, -0.1) is 0 Å². The van der Waals surface area contributed by atoms with Crippen LogP contribution in [0.2, 0.25) is 0 Å². The number of methoxy groups -OCH3 is 3. The topological polar surface area (TPSA) is 106 Å². The standard InChI is InChI=1S/C20H23NO7/c1-25-15-6-4-5-7-17(15)28-12-19(22)21-14(11-20(23)24)13-8-9-16(26-2)18(10-13)27-3/h4-10,14H,11-12H2,1-3H3,(H,21,22)(H,23,24)/p-1/t14-/m1/s1. The number of carbonyl (C=O) groups excluding carboxylic acids is 2. The summed E-state index contributed by atoms with van der Waals surface area (Å²) in [6.45, 7) is -0.308. The Labute approximate surface area is 163 Å². The molecule has 0 heterocycles. The number of para-hydroxylation sites is 2. The van der Waals surface area contributed by atoms with E-state index < -0.39 is 24.3 Å². The highest BCUT2D eigenvalue weighted by molar-refractivity contribution is 5.79. The molecule has 0 bridgehead atoms. The highest BCUT2D eigenvalue weighted by Crippen LogP contribution is 2.31. The van der Waals surface area contributed by atoms with E-state index in [-0.39, 0.29) is 6.61 Å². The minimum Gasteiger partial charge on any atom is -0.550 e. The monoisotopic (exact) mass is 388 g/mol. The lowest BCUT2D eigenvalue weighted by Gasteiger charge is -2.21. The van der Waals surface area contributed by atoms with Gasteiger partial charge in [0.1, 0.15) is 0 Å². The van der Waals surface area contributed by atoms with Crippen molar-refractivity contribution in [2.45, 2.75) is 12.5 Å². The van der Waals surface area contributed by atoms with Crippen molar-refractivity contribution in [1.29, 1.82) is 0 Å². The summed E-state index contributed by atoms with van der Waals surface area (Å²) in [6, 6.07) is 11.0. The summed E-state index contributed by atoms with van der Waals surface area (Å²) in [4.78, 5) is 23.5. The molecule has 8 heteroatoms. The molecule has 2 rings (SSSR count). The molecule has 0 spiro atoms. The van der Waals surface area contributed by atoms with Gasteiger partial charge in [-0.05, 0) is 29.8 Å². The summed E-state index contributed by atoms with van der Waals surface area (Å²) in [5.74, 6) is 0.00835. The summed E-state index contributed by atoms with van der Waals surface area (Å²) in [6.07, 6.45) is -0.407. The second kappa shape index (κ2) is 10.1. The Morgan fingerprint density at radius 2 is 1.54 bits per heavy atom. The van der Waals surface area contributed by atoms with Crippen LogP contribution in [-0.4, -0.2) is 39.8 Å². The summed E-state index contributed by atoms with van der Waals surface area (Å²) < 4.78 is 21.0. The Bertz CT molecular complexity index is 822. The predicted molar refractivity (Wildman–Crippen MR) is 98.5 cm³/mol. The Morgan fingerprint density at radius 1 is 0.929 bits per heavy atom. The van der Waals surface area contributed by atoms with E-state index in [2.05, 4.69) is 5.32 Å². The third-order valence-corrected chi connectivity index (χ3v) is 3.94. The predicted octanol–water partition coefficient (Wildman–Crippen LogP) is 1.09. The van der Waals surface area contributed by atoms with Crippen molar-refractivity contribution in [3.05, 3.63) is 48.0 Å². The molecule has 2 aromatic carbocycles.